The van der Waals surface area contributed by atoms with Crippen LogP contribution in [0.5, 0.6) is 0 Å². The third-order valence-corrected chi connectivity index (χ3v) is 3.83. The van der Waals surface area contributed by atoms with Crippen LogP contribution in [-0.4, -0.2) is 11.3 Å². The molecule has 2 N–H and O–H groups in total. The number of hydrogen-bond acceptors (Lipinski definition) is 2. The molecule has 2 aromatic carbocycles. The number of rotatable bonds is 3. The van der Waals surface area contributed by atoms with Crippen LogP contribution in [-0.2, 0) is 0 Å². The van der Waals surface area contributed by atoms with Gasteiger partial charge in [0, 0.05) is 10.6 Å². The topological polar surface area (TPSA) is 36.4 Å². The van der Waals surface area contributed by atoms with E-state index in [1.165, 1.54) is 0 Å². The maximum Gasteiger partial charge on any atom is 0.191 e. The predicted molar refractivity (Wildman–Crippen MR) is 94.9 cm³/mol. The van der Waals surface area contributed by atoms with Crippen LogP contribution in [0.4, 0.5) is 5.69 Å². The SMILES string of the molecule is S=C(N/N=C/c1ccccc1Cl)Nc1cccc(Cl)c1Cl. The Labute approximate surface area is 142 Å². The summed E-state index contributed by atoms with van der Waals surface area (Å²) in [7, 11) is 0. The normalized spacial score (nSPS) is 10.6. The van der Waals surface area contributed by atoms with Crippen LogP contribution in [0.1, 0.15) is 5.56 Å². The highest BCUT2D eigenvalue weighted by Crippen LogP contribution is 2.29. The van der Waals surface area contributed by atoms with Crippen molar-refractivity contribution in [3.8, 4) is 0 Å². The number of nitrogens with zero attached hydrogens (tertiary/aromatic N) is 1. The molecule has 2 rings (SSSR count). The van der Waals surface area contributed by atoms with E-state index in [0.29, 0.717) is 25.9 Å². The van der Waals surface area contributed by atoms with Gasteiger partial charge >= 0.3 is 0 Å². The second-order valence-corrected chi connectivity index (χ2v) is 5.55. The van der Waals surface area contributed by atoms with E-state index < -0.39 is 0 Å². The number of thiocarbonyl (C=S) groups is 1. The van der Waals surface area contributed by atoms with E-state index in [0.717, 1.165) is 5.56 Å². The third-order valence-electron chi connectivity index (χ3n) is 2.47. The van der Waals surface area contributed by atoms with Gasteiger partial charge in [0.25, 0.3) is 0 Å². The number of hydrogen-bond donors (Lipinski definition) is 2. The molecule has 0 radical (unpaired) electrons. The van der Waals surface area contributed by atoms with Crippen LogP contribution < -0.4 is 10.7 Å². The minimum Gasteiger partial charge on any atom is -0.330 e. The van der Waals surface area contributed by atoms with E-state index >= 15 is 0 Å². The van der Waals surface area contributed by atoms with Gasteiger partial charge in [-0.1, -0.05) is 59.1 Å². The summed E-state index contributed by atoms with van der Waals surface area (Å²) in [5, 5.41) is 8.67. The van der Waals surface area contributed by atoms with E-state index in [1.54, 1.807) is 30.5 Å². The van der Waals surface area contributed by atoms with E-state index in [2.05, 4.69) is 15.8 Å². The first-order chi connectivity index (χ1) is 10.1. The minimum atomic E-state index is 0.294. The van der Waals surface area contributed by atoms with Gasteiger partial charge in [-0.2, -0.15) is 5.10 Å². The Balaban J connectivity index is 1.97. The lowest BCUT2D eigenvalue weighted by Gasteiger charge is -2.09. The molecular weight excluding hydrogens is 349 g/mol. The molecule has 0 saturated carbocycles. The minimum absolute atomic E-state index is 0.294. The summed E-state index contributed by atoms with van der Waals surface area (Å²) in [6.45, 7) is 0. The molecule has 0 amide bonds. The van der Waals surface area contributed by atoms with Crippen molar-refractivity contribution in [2.45, 2.75) is 0 Å². The third kappa shape index (κ3) is 4.58. The van der Waals surface area contributed by atoms with Crippen LogP contribution >= 0.6 is 47.0 Å². The molecule has 0 bridgehead atoms. The largest absolute Gasteiger partial charge is 0.330 e. The molecule has 0 aliphatic heterocycles. The highest BCUT2D eigenvalue weighted by atomic mass is 35.5. The van der Waals surface area contributed by atoms with E-state index in [4.69, 9.17) is 47.0 Å². The molecule has 0 saturated heterocycles. The summed E-state index contributed by atoms with van der Waals surface area (Å²) in [6, 6.07) is 12.6. The lowest BCUT2D eigenvalue weighted by molar-refractivity contribution is 1.05. The molecular formula is C14H10Cl3N3S. The molecule has 0 aliphatic rings. The van der Waals surface area contributed by atoms with E-state index in [9.17, 15) is 0 Å². The van der Waals surface area contributed by atoms with Crippen molar-refractivity contribution in [2.75, 3.05) is 5.32 Å². The molecule has 0 fully saturated rings. The number of anilines is 1. The van der Waals surface area contributed by atoms with Gasteiger partial charge in [0.05, 0.1) is 21.9 Å². The summed E-state index contributed by atoms with van der Waals surface area (Å²) in [6.07, 6.45) is 1.58. The van der Waals surface area contributed by atoms with Gasteiger partial charge in [0.2, 0.25) is 0 Å². The molecule has 21 heavy (non-hydrogen) atoms. The summed E-state index contributed by atoms with van der Waals surface area (Å²) in [5.74, 6) is 0. The Hall–Kier alpha value is -1.33. The van der Waals surface area contributed by atoms with Crippen molar-refractivity contribution >= 4 is 64.0 Å². The van der Waals surface area contributed by atoms with Gasteiger partial charge in [0.15, 0.2) is 5.11 Å². The zero-order valence-corrected chi connectivity index (χ0v) is 13.7. The number of nitrogens with one attached hydrogen (secondary N) is 2. The lowest BCUT2D eigenvalue weighted by Crippen LogP contribution is -2.24. The number of hydrazone groups is 1. The fourth-order valence-corrected chi connectivity index (χ4v) is 2.19. The van der Waals surface area contributed by atoms with E-state index in [1.807, 2.05) is 18.2 Å². The van der Waals surface area contributed by atoms with Gasteiger partial charge in [-0.3, -0.25) is 5.43 Å². The van der Waals surface area contributed by atoms with Crippen molar-refractivity contribution in [3.05, 3.63) is 63.1 Å². The number of halogens is 3. The highest BCUT2D eigenvalue weighted by molar-refractivity contribution is 7.80. The van der Waals surface area contributed by atoms with Crippen molar-refractivity contribution in [1.82, 2.24) is 5.43 Å². The van der Waals surface area contributed by atoms with Gasteiger partial charge in [0.1, 0.15) is 0 Å². The summed E-state index contributed by atoms with van der Waals surface area (Å²) >= 11 is 23.1. The molecule has 0 atom stereocenters. The molecule has 108 valence electrons. The van der Waals surface area contributed by atoms with Crippen molar-refractivity contribution in [1.29, 1.82) is 0 Å². The summed E-state index contributed by atoms with van der Waals surface area (Å²) in [4.78, 5) is 0. The Kier molecular flexibility index (Phi) is 5.82. The molecule has 0 aromatic heterocycles. The molecule has 0 spiro atoms. The monoisotopic (exact) mass is 357 g/mol. The summed E-state index contributed by atoms with van der Waals surface area (Å²) < 4.78 is 0. The second-order valence-electron chi connectivity index (χ2n) is 3.95. The lowest BCUT2D eigenvalue weighted by atomic mass is 10.2. The standard InChI is InChI=1S/C14H10Cl3N3S/c15-10-5-2-1-4-9(10)8-18-20-14(21)19-12-7-3-6-11(16)13(12)17/h1-8H,(H2,19,20,21)/b18-8+. The van der Waals surface area contributed by atoms with Gasteiger partial charge in [-0.05, 0) is 30.4 Å². The molecule has 2 aromatic rings. The molecule has 0 unspecified atom stereocenters. The van der Waals surface area contributed by atoms with E-state index in [-0.39, 0.29) is 0 Å². The maximum atomic E-state index is 6.05. The summed E-state index contributed by atoms with van der Waals surface area (Å²) in [5.41, 5.74) is 4.08. The molecule has 7 heteroatoms. The number of benzene rings is 2. The quantitative estimate of drug-likeness (QED) is 0.462. The fraction of sp³-hybridized carbons (Fsp3) is 0. The highest BCUT2D eigenvalue weighted by Gasteiger charge is 2.05. The van der Waals surface area contributed by atoms with Crippen LogP contribution in [0, 0.1) is 0 Å². The first-order valence-corrected chi connectivity index (χ1v) is 7.41. The van der Waals surface area contributed by atoms with Crippen molar-refractivity contribution in [3.63, 3.8) is 0 Å². The smallest absolute Gasteiger partial charge is 0.191 e. The second kappa shape index (κ2) is 7.61. The van der Waals surface area contributed by atoms with Crippen LogP contribution in [0.15, 0.2) is 47.6 Å². The van der Waals surface area contributed by atoms with Gasteiger partial charge < -0.3 is 5.32 Å². The van der Waals surface area contributed by atoms with Gasteiger partial charge in [-0.15, -0.1) is 0 Å². The average molecular weight is 359 g/mol. The molecule has 0 aliphatic carbocycles. The van der Waals surface area contributed by atoms with Crippen molar-refractivity contribution in [2.24, 2.45) is 5.10 Å². The first kappa shape index (κ1) is 16.0. The maximum absolute atomic E-state index is 6.05. The first-order valence-electron chi connectivity index (χ1n) is 5.86. The van der Waals surface area contributed by atoms with Crippen LogP contribution in [0.3, 0.4) is 0 Å². The van der Waals surface area contributed by atoms with Crippen molar-refractivity contribution < 1.29 is 0 Å². The van der Waals surface area contributed by atoms with Crippen LogP contribution in [0.25, 0.3) is 0 Å². The Morgan fingerprint density at radius 3 is 2.48 bits per heavy atom. The zero-order valence-electron chi connectivity index (χ0n) is 10.6. The Morgan fingerprint density at radius 2 is 1.71 bits per heavy atom. The zero-order chi connectivity index (χ0) is 15.2. The Morgan fingerprint density at radius 1 is 1.00 bits per heavy atom. The fourth-order valence-electron chi connectivity index (χ4n) is 1.49. The molecule has 0 heterocycles. The van der Waals surface area contributed by atoms with Crippen LogP contribution in [0.2, 0.25) is 15.1 Å². The van der Waals surface area contributed by atoms with Gasteiger partial charge in [-0.25, -0.2) is 0 Å². The molecule has 3 nitrogen and oxygen atoms in total. The average Bonchev–Trinajstić information content (AvgIpc) is 2.46. The Bertz CT molecular complexity index is 689. The predicted octanol–water partition coefficient (Wildman–Crippen LogP) is 4.97.